The zero-order valence-corrected chi connectivity index (χ0v) is 14.0. The van der Waals surface area contributed by atoms with Gasteiger partial charge in [-0.3, -0.25) is 4.57 Å². The van der Waals surface area contributed by atoms with Gasteiger partial charge in [0, 0.05) is 17.1 Å². The molecule has 0 amide bonds. The van der Waals surface area contributed by atoms with Gasteiger partial charge in [-0.2, -0.15) is 0 Å². The second-order valence-corrected chi connectivity index (χ2v) is 6.26. The molecule has 120 valence electrons. The third kappa shape index (κ3) is 3.68. The number of nitrogens with zero attached hydrogens (tertiary/aromatic N) is 3. The Morgan fingerprint density at radius 1 is 1.35 bits per heavy atom. The van der Waals surface area contributed by atoms with E-state index in [2.05, 4.69) is 15.2 Å². The first-order chi connectivity index (χ1) is 11.2. The summed E-state index contributed by atoms with van der Waals surface area (Å²) in [7, 11) is 0. The van der Waals surface area contributed by atoms with Gasteiger partial charge in [0.25, 0.3) is 0 Å². The lowest BCUT2D eigenvalue weighted by Gasteiger charge is -2.01. The molecule has 0 radical (unpaired) electrons. The van der Waals surface area contributed by atoms with Gasteiger partial charge in [0.2, 0.25) is 5.89 Å². The highest BCUT2D eigenvalue weighted by atomic mass is 35.5. The summed E-state index contributed by atoms with van der Waals surface area (Å²) in [5.74, 6) is 1.77. The van der Waals surface area contributed by atoms with Crippen molar-refractivity contribution >= 4 is 23.4 Å². The number of aromatic amines is 1. The first-order valence-corrected chi connectivity index (χ1v) is 8.52. The number of hydrogen-bond donors (Lipinski definition) is 1. The predicted molar refractivity (Wildman–Crippen MR) is 89.6 cm³/mol. The fourth-order valence-electron chi connectivity index (χ4n) is 2.09. The molecule has 23 heavy (non-hydrogen) atoms. The molecule has 0 saturated carbocycles. The van der Waals surface area contributed by atoms with E-state index in [4.69, 9.17) is 16.0 Å². The highest BCUT2D eigenvalue weighted by molar-refractivity contribution is 7.98. The molecule has 3 aromatic rings. The lowest BCUT2D eigenvalue weighted by atomic mass is 10.2. The summed E-state index contributed by atoms with van der Waals surface area (Å²) in [6.45, 7) is 2.65. The third-order valence-electron chi connectivity index (χ3n) is 3.18. The third-order valence-corrected chi connectivity index (χ3v) is 4.39. The van der Waals surface area contributed by atoms with Crippen LogP contribution < -0.4 is 5.69 Å². The fourth-order valence-corrected chi connectivity index (χ4v) is 3.04. The lowest BCUT2D eigenvalue weighted by Crippen LogP contribution is -2.17. The van der Waals surface area contributed by atoms with Gasteiger partial charge in [0.15, 0.2) is 10.9 Å². The van der Waals surface area contributed by atoms with Crippen LogP contribution in [0.5, 0.6) is 0 Å². The van der Waals surface area contributed by atoms with Gasteiger partial charge < -0.3 is 4.42 Å². The predicted octanol–water partition coefficient (Wildman–Crippen LogP) is 3.58. The maximum Gasteiger partial charge on any atom is 0.343 e. The van der Waals surface area contributed by atoms with Crippen LogP contribution in [-0.2, 0) is 12.3 Å². The standard InChI is InChI=1S/C15H15ClN4O2S/c1-2-7-20-14(21)18-19-15(20)23-9-13-17-8-12(22-13)10-3-5-11(16)6-4-10/h3-6,8H,2,7,9H2,1H3,(H,18,21). The van der Waals surface area contributed by atoms with Crippen LogP contribution in [0.25, 0.3) is 11.3 Å². The van der Waals surface area contributed by atoms with Crippen LogP contribution in [0.1, 0.15) is 19.2 Å². The Balaban J connectivity index is 1.70. The Labute approximate surface area is 141 Å². The molecule has 3 rings (SSSR count). The highest BCUT2D eigenvalue weighted by Crippen LogP contribution is 2.25. The van der Waals surface area contributed by atoms with Crippen LogP contribution in [0.3, 0.4) is 0 Å². The molecule has 0 spiro atoms. The molecule has 2 aromatic heterocycles. The van der Waals surface area contributed by atoms with Crippen LogP contribution >= 0.6 is 23.4 Å². The number of nitrogens with one attached hydrogen (secondary N) is 1. The van der Waals surface area contributed by atoms with Crippen LogP contribution in [0, 0.1) is 0 Å². The molecule has 0 bridgehead atoms. The van der Waals surface area contributed by atoms with E-state index in [0.29, 0.717) is 34.1 Å². The minimum Gasteiger partial charge on any atom is -0.440 e. The number of aromatic nitrogens is 4. The van der Waals surface area contributed by atoms with E-state index in [0.717, 1.165) is 12.0 Å². The van der Waals surface area contributed by atoms with Gasteiger partial charge in [0.05, 0.1) is 11.9 Å². The minimum absolute atomic E-state index is 0.191. The molecule has 1 N–H and O–H groups in total. The molecular weight excluding hydrogens is 336 g/mol. The molecular formula is C15H15ClN4O2S. The molecule has 0 fully saturated rings. The smallest absolute Gasteiger partial charge is 0.343 e. The van der Waals surface area contributed by atoms with Crippen molar-refractivity contribution in [1.29, 1.82) is 0 Å². The molecule has 0 atom stereocenters. The van der Waals surface area contributed by atoms with Gasteiger partial charge in [0.1, 0.15) is 0 Å². The van der Waals surface area contributed by atoms with E-state index in [9.17, 15) is 4.79 Å². The van der Waals surface area contributed by atoms with Crippen molar-refractivity contribution < 1.29 is 4.42 Å². The van der Waals surface area contributed by atoms with Crippen molar-refractivity contribution in [3.63, 3.8) is 0 Å². The molecule has 1 aromatic carbocycles. The van der Waals surface area contributed by atoms with E-state index in [1.54, 1.807) is 22.9 Å². The number of hydrogen-bond acceptors (Lipinski definition) is 5. The number of oxazole rings is 1. The quantitative estimate of drug-likeness (QED) is 0.687. The summed E-state index contributed by atoms with van der Waals surface area (Å²) in [5, 5.41) is 7.82. The van der Waals surface area contributed by atoms with E-state index < -0.39 is 0 Å². The SMILES string of the molecule is CCCn1c(SCc2ncc(-c3ccc(Cl)cc3)o2)n[nH]c1=O. The van der Waals surface area contributed by atoms with E-state index >= 15 is 0 Å². The van der Waals surface area contributed by atoms with E-state index in [1.807, 2.05) is 19.1 Å². The van der Waals surface area contributed by atoms with Crippen LogP contribution in [0.2, 0.25) is 5.02 Å². The summed E-state index contributed by atoms with van der Waals surface area (Å²) in [6, 6.07) is 7.38. The number of benzene rings is 1. The molecule has 0 aliphatic carbocycles. The normalized spacial score (nSPS) is 11.0. The van der Waals surface area contributed by atoms with Crippen molar-refractivity contribution in [2.45, 2.75) is 30.8 Å². The van der Waals surface area contributed by atoms with E-state index in [-0.39, 0.29) is 5.69 Å². The number of H-pyrrole nitrogens is 1. The molecule has 8 heteroatoms. The van der Waals surface area contributed by atoms with Gasteiger partial charge in [-0.1, -0.05) is 30.3 Å². The summed E-state index contributed by atoms with van der Waals surface area (Å²) in [5.41, 5.74) is 0.726. The maximum absolute atomic E-state index is 11.6. The Morgan fingerprint density at radius 3 is 2.87 bits per heavy atom. The van der Waals surface area contributed by atoms with Gasteiger partial charge in [-0.15, -0.1) is 5.10 Å². The van der Waals surface area contributed by atoms with Crippen molar-refractivity contribution in [2.75, 3.05) is 0 Å². The van der Waals surface area contributed by atoms with Crippen LogP contribution in [-0.4, -0.2) is 19.7 Å². The Morgan fingerprint density at radius 2 is 2.13 bits per heavy atom. The fraction of sp³-hybridized carbons (Fsp3) is 0.267. The maximum atomic E-state index is 11.6. The second kappa shape index (κ2) is 7.06. The average molecular weight is 351 g/mol. The zero-order chi connectivity index (χ0) is 16.2. The number of rotatable bonds is 6. The van der Waals surface area contributed by atoms with Crippen LogP contribution in [0.15, 0.2) is 44.8 Å². The zero-order valence-electron chi connectivity index (χ0n) is 12.5. The Bertz CT molecular complexity index is 838. The van der Waals surface area contributed by atoms with Crippen molar-refractivity contribution in [1.82, 2.24) is 19.7 Å². The summed E-state index contributed by atoms with van der Waals surface area (Å²) in [6.07, 6.45) is 2.55. The molecule has 2 heterocycles. The molecule has 0 aliphatic heterocycles. The van der Waals surface area contributed by atoms with Crippen molar-refractivity contribution in [3.05, 3.63) is 51.9 Å². The topological polar surface area (TPSA) is 76.7 Å². The van der Waals surface area contributed by atoms with Gasteiger partial charge >= 0.3 is 5.69 Å². The molecule has 0 aliphatic rings. The molecule has 0 unspecified atom stereocenters. The van der Waals surface area contributed by atoms with Gasteiger partial charge in [-0.25, -0.2) is 14.9 Å². The highest BCUT2D eigenvalue weighted by Gasteiger charge is 2.11. The summed E-state index contributed by atoms with van der Waals surface area (Å²) in [4.78, 5) is 15.9. The largest absolute Gasteiger partial charge is 0.440 e. The molecule has 0 saturated heterocycles. The minimum atomic E-state index is -0.191. The average Bonchev–Trinajstić information content (AvgIpc) is 3.15. The number of halogens is 1. The van der Waals surface area contributed by atoms with Crippen molar-refractivity contribution in [3.8, 4) is 11.3 Å². The first kappa shape index (κ1) is 15.9. The number of thioether (sulfide) groups is 1. The van der Waals surface area contributed by atoms with Crippen molar-refractivity contribution in [2.24, 2.45) is 0 Å². The molecule has 6 nitrogen and oxygen atoms in total. The van der Waals surface area contributed by atoms with E-state index in [1.165, 1.54) is 11.8 Å². The van der Waals surface area contributed by atoms with Gasteiger partial charge in [-0.05, 0) is 30.7 Å². The Kier molecular flexibility index (Phi) is 4.88. The second-order valence-electron chi connectivity index (χ2n) is 4.88. The summed E-state index contributed by atoms with van der Waals surface area (Å²) < 4.78 is 7.36. The lowest BCUT2D eigenvalue weighted by molar-refractivity contribution is 0.529. The monoisotopic (exact) mass is 350 g/mol. The first-order valence-electron chi connectivity index (χ1n) is 7.16. The van der Waals surface area contributed by atoms with Crippen LogP contribution in [0.4, 0.5) is 0 Å². The Hall–Kier alpha value is -1.99. The summed E-state index contributed by atoms with van der Waals surface area (Å²) >= 11 is 7.29.